The monoisotopic (exact) mass is 1030 g/mol. The largest absolute Gasteiger partial charge is 3.00 e. The second-order valence-electron chi connectivity index (χ2n) is 18.8. The molecule has 0 N–H and O–H groups in total. The summed E-state index contributed by atoms with van der Waals surface area (Å²) in [4.78, 5) is 14.5. The fraction of sp³-hybridized carbons (Fsp3) is 0.262. The van der Waals surface area contributed by atoms with Gasteiger partial charge in [-0.3, -0.25) is 0 Å². The predicted octanol–water partition coefficient (Wildman–Crippen LogP) is 14.7. The molecule has 0 radical (unpaired) electrons. The minimum absolute atomic E-state index is 0. The van der Waals surface area contributed by atoms with Crippen LogP contribution in [0.5, 0.6) is 0 Å². The van der Waals surface area contributed by atoms with Crippen LogP contribution >= 0.6 is 0 Å². The standard InChI is InChI=1S/C61H58N3.Ir/c1-43-25-27-51(47-17-15-16-18-47)36-55(43)56-37-59(50-23-13-8-14-24-50)62-40-52(56)28-26-44-33-45(38-60(2,3)53-29-31-57(63-41-53)48-19-9-6-10-20-48)35-46(34-44)39-61(4,5)54-30-32-58(64-42-54)49-21-11-7-12-22-49;/h6-14,19,21,23,25,27,29-37,40-42,47H,15-18,26,28,38-39H2,1-5H3;/q-3;+3/i26D2,28D2;. The molecule has 0 amide bonds. The molecule has 1 aliphatic rings. The van der Waals surface area contributed by atoms with Gasteiger partial charge in [0.05, 0.1) is 0 Å². The Balaban J connectivity index is 0.00000642. The van der Waals surface area contributed by atoms with Crippen molar-refractivity contribution in [3.63, 3.8) is 0 Å². The predicted molar refractivity (Wildman–Crippen MR) is 264 cm³/mol. The van der Waals surface area contributed by atoms with Crippen molar-refractivity contribution >= 4 is 0 Å². The number of nitrogens with zero attached hydrogens (tertiary/aromatic N) is 3. The van der Waals surface area contributed by atoms with Crippen molar-refractivity contribution in [3.8, 4) is 44.9 Å². The van der Waals surface area contributed by atoms with Gasteiger partial charge < -0.3 is 15.0 Å². The minimum Gasteiger partial charge on any atom is -0.304 e. The van der Waals surface area contributed by atoms with Crippen molar-refractivity contribution in [2.45, 2.75) is 103 Å². The van der Waals surface area contributed by atoms with E-state index >= 15 is 0 Å². The Labute approximate surface area is 406 Å². The van der Waals surface area contributed by atoms with Crippen molar-refractivity contribution in [3.05, 3.63) is 221 Å². The molecular formula is C61H58IrN3. The van der Waals surface area contributed by atoms with Crippen LogP contribution in [0.25, 0.3) is 44.9 Å². The van der Waals surface area contributed by atoms with E-state index in [1.807, 2.05) is 116 Å². The topological polar surface area (TPSA) is 38.7 Å². The van der Waals surface area contributed by atoms with Gasteiger partial charge in [0.15, 0.2) is 0 Å². The maximum absolute atomic E-state index is 10.0. The average Bonchev–Trinajstić information content (AvgIpc) is 3.90. The molecule has 1 saturated carbocycles. The molecule has 0 aliphatic heterocycles. The molecule has 3 nitrogen and oxygen atoms in total. The molecule has 326 valence electrons. The van der Waals surface area contributed by atoms with Crippen molar-refractivity contribution in [1.29, 1.82) is 0 Å². The molecule has 0 unspecified atom stereocenters. The maximum atomic E-state index is 10.0. The van der Waals surface area contributed by atoms with Crippen molar-refractivity contribution < 1.29 is 25.6 Å². The van der Waals surface area contributed by atoms with Crippen LogP contribution in [-0.4, -0.2) is 15.0 Å². The molecule has 1 fully saturated rings. The molecule has 4 heteroatoms. The zero-order valence-corrected chi connectivity index (χ0v) is 40.4. The summed E-state index contributed by atoms with van der Waals surface area (Å²) in [6.45, 7) is 10.8. The summed E-state index contributed by atoms with van der Waals surface area (Å²) in [6.07, 6.45) is 6.22. The maximum Gasteiger partial charge on any atom is 3.00 e. The van der Waals surface area contributed by atoms with Crippen LogP contribution in [-0.2, 0) is 56.5 Å². The fourth-order valence-corrected chi connectivity index (χ4v) is 9.34. The Kier molecular flexibility index (Phi) is 12.6. The second-order valence-corrected chi connectivity index (χ2v) is 18.8. The van der Waals surface area contributed by atoms with Gasteiger partial charge in [-0.1, -0.05) is 107 Å². The summed E-state index contributed by atoms with van der Waals surface area (Å²) in [7, 11) is 0. The first-order chi connectivity index (χ1) is 32.6. The minimum atomic E-state index is -2.52. The Morgan fingerprint density at radius 2 is 1.05 bits per heavy atom. The first kappa shape index (κ1) is 40.7. The summed E-state index contributed by atoms with van der Waals surface area (Å²) in [6, 6.07) is 55.9. The first-order valence-electron chi connectivity index (χ1n) is 24.7. The molecule has 8 aromatic rings. The van der Waals surface area contributed by atoms with Gasteiger partial charge >= 0.3 is 20.1 Å². The molecule has 65 heavy (non-hydrogen) atoms. The quantitative estimate of drug-likeness (QED) is 0.102. The molecule has 9 rings (SSSR count). The number of hydrogen-bond donors (Lipinski definition) is 0. The summed E-state index contributed by atoms with van der Waals surface area (Å²) in [5.41, 5.74) is 12.4. The van der Waals surface area contributed by atoms with E-state index in [9.17, 15) is 5.48 Å². The van der Waals surface area contributed by atoms with Crippen LogP contribution < -0.4 is 0 Å². The summed E-state index contributed by atoms with van der Waals surface area (Å²) >= 11 is 0. The van der Waals surface area contributed by atoms with Crippen molar-refractivity contribution in [1.82, 2.24) is 15.0 Å². The van der Waals surface area contributed by atoms with E-state index in [1.54, 1.807) is 6.20 Å². The van der Waals surface area contributed by atoms with Crippen LogP contribution in [0, 0.1) is 25.1 Å². The normalized spacial score (nSPS) is 14.5. The van der Waals surface area contributed by atoms with Gasteiger partial charge in [0.1, 0.15) is 0 Å². The van der Waals surface area contributed by atoms with Gasteiger partial charge in [0.2, 0.25) is 0 Å². The Morgan fingerprint density at radius 1 is 0.538 bits per heavy atom. The van der Waals surface area contributed by atoms with E-state index in [-0.39, 0.29) is 31.2 Å². The fourth-order valence-electron chi connectivity index (χ4n) is 9.34. The van der Waals surface area contributed by atoms with Gasteiger partial charge in [0.25, 0.3) is 0 Å². The van der Waals surface area contributed by atoms with E-state index in [4.69, 9.17) is 15.0 Å². The first-order valence-corrected chi connectivity index (χ1v) is 22.7. The van der Waals surface area contributed by atoms with Gasteiger partial charge in [0, 0.05) is 24.1 Å². The Bertz CT molecular complexity index is 2890. The van der Waals surface area contributed by atoms with Crippen LogP contribution in [0.4, 0.5) is 0 Å². The van der Waals surface area contributed by atoms with E-state index in [0.29, 0.717) is 30.0 Å². The molecule has 0 saturated heterocycles. The van der Waals surface area contributed by atoms with E-state index in [0.717, 1.165) is 74.3 Å². The number of hydrogen-bond acceptors (Lipinski definition) is 3. The summed E-state index contributed by atoms with van der Waals surface area (Å²) < 4.78 is 40.2. The molecule has 0 atom stereocenters. The molecular weight excluding hydrogens is 967 g/mol. The molecule has 5 aromatic carbocycles. The number of benzene rings is 5. The van der Waals surface area contributed by atoms with Gasteiger partial charge in [-0.25, -0.2) is 0 Å². The van der Waals surface area contributed by atoms with Crippen LogP contribution in [0.3, 0.4) is 0 Å². The molecule has 3 aromatic heterocycles. The molecule has 0 spiro atoms. The zero-order chi connectivity index (χ0) is 47.7. The second kappa shape index (κ2) is 20.2. The van der Waals surface area contributed by atoms with Crippen LogP contribution in [0.2, 0.25) is 0 Å². The number of rotatable bonds is 14. The van der Waals surface area contributed by atoms with Gasteiger partial charge in [-0.2, -0.15) is 0 Å². The third-order valence-electron chi connectivity index (χ3n) is 13.0. The van der Waals surface area contributed by atoms with Crippen molar-refractivity contribution in [2.75, 3.05) is 0 Å². The number of aromatic nitrogens is 3. The van der Waals surface area contributed by atoms with Crippen LogP contribution in [0.15, 0.2) is 158 Å². The third-order valence-corrected chi connectivity index (χ3v) is 13.0. The molecule has 3 heterocycles. The molecule has 1 aliphatic carbocycles. The van der Waals surface area contributed by atoms with Gasteiger partial charge in [-0.15, -0.1) is 108 Å². The average molecular weight is 1030 g/mol. The number of pyridine rings is 3. The Morgan fingerprint density at radius 3 is 1.54 bits per heavy atom. The Hall–Kier alpha value is -5.80. The molecule has 0 bridgehead atoms. The smallest absolute Gasteiger partial charge is 0.304 e. The third kappa shape index (κ3) is 10.8. The zero-order valence-electron chi connectivity index (χ0n) is 42.0. The summed E-state index contributed by atoms with van der Waals surface area (Å²) in [5, 5.41) is 0. The van der Waals surface area contributed by atoms with Gasteiger partial charge in [-0.05, 0) is 135 Å². The van der Waals surface area contributed by atoms with E-state index in [2.05, 4.69) is 89.2 Å². The SMILES string of the molecule is [2H]C([2H])(c1cc(CC(C)(C)c2ccc(-c3[c-]cccc3)nc2)cc(CC(C)(C)c2ccc(-c3[c-]cccc3)nc2)c1)C([2H])([2H])c1cnc(-c2[c-]cccc2)cc1-c1cc(C2CCCC2)ccc1C.[Ir+3]. The van der Waals surface area contributed by atoms with E-state index in [1.165, 1.54) is 18.4 Å². The van der Waals surface area contributed by atoms with Crippen molar-refractivity contribution in [2.24, 2.45) is 0 Å². The number of aryl methyl sites for hydroxylation is 3. The summed E-state index contributed by atoms with van der Waals surface area (Å²) in [5.74, 6) is 0.451. The van der Waals surface area contributed by atoms with Crippen LogP contribution in [0.1, 0.15) is 109 Å². The van der Waals surface area contributed by atoms with E-state index < -0.39 is 23.6 Å².